The number of hydrogen-bond acceptors (Lipinski definition) is 4. The zero-order valence-corrected chi connectivity index (χ0v) is 17.4. The average Bonchev–Trinajstić information content (AvgIpc) is 3.42. The van der Waals surface area contributed by atoms with E-state index in [-0.39, 0.29) is 24.1 Å². The highest BCUT2D eigenvalue weighted by atomic mass is 35.5. The highest BCUT2D eigenvalue weighted by Crippen LogP contribution is 2.21. The lowest BCUT2D eigenvalue weighted by atomic mass is 10.2. The lowest BCUT2D eigenvalue weighted by Crippen LogP contribution is -2.25. The number of imidazole rings is 1. The van der Waals surface area contributed by atoms with Gasteiger partial charge in [0.05, 0.1) is 28.0 Å². The van der Waals surface area contributed by atoms with E-state index in [0.29, 0.717) is 30.1 Å². The molecule has 0 atom stereocenters. The number of carbonyl (C=O) groups is 2. The Labute approximate surface area is 184 Å². The highest BCUT2D eigenvalue weighted by molar-refractivity contribution is 6.33. The van der Waals surface area contributed by atoms with Crippen molar-refractivity contribution in [1.29, 1.82) is 0 Å². The third-order valence-corrected chi connectivity index (χ3v) is 5.12. The third kappa shape index (κ3) is 4.95. The fraction of sp³-hybridized carbons (Fsp3) is 0.174. The van der Waals surface area contributed by atoms with Crippen LogP contribution in [0.4, 0.5) is 5.69 Å². The first kappa shape index (κ1) is 20.7. The van der Waals surface area contributed by atoms with Crippen molar-refractivity contribution in [3.63, 3.8) is 0 Å². The maximum absolute atomic E-state index is 12.7. The van der Waals surface area contributed by atoms with E-state index in [0.717, 1.165) is 16.9 Å². The first-order chi connectivity index (χ1) is 15.1. The van der Waals surface area contributed by atoms with Crippen LogP contribution < -0.4 is 10.6 Å². The van der Waals surface area contributed by atoms with Crippen LogP contribution in [0.5, 0.6) is 0 Å². The van der Waals surface area contributed by atoms with Gasteiger partial charge in [-0.15, -0.1) is 0 Å². The van der Waals surface area contributed by atoms with Crippen molar-refractivity contribution in [2.75, 3.05) is 11.9 Å². The van der Waals surface area contributed by atoms with E-state index in [4.69, 9.17) is 16.0 Å². The second-order valence-electron chi connectivity index (χ2n) is 6.97. The fourth-order valence-electron chi connectivity index (χ4n) is 3.33. The van der Waals surface area contributed by atoms with E-state index < -0.39 is 0 Å². The summed E-state index contributed by atoms with van der Waals surface area (Å²) in [6, 6.07) is 18.1. The Morgan fingerprint density at radius 3 is 2.65 bits per heavy atom. The Morgan fingerprint density at radius 1 is 1.03 bits per heavy atom. The van der Waals surface area contributed by atoms with Crippen LogP contribution in [0.3, 0.4) is 0 Å². The van der Waals surface area contributed by atoms with Gasteiger partial charge in [0.2, 0.25) is 5.91 Å². The number of fused-ring (bicyclic) bond motifs is 1. The van der Waals surface area contributed by atoms with E-state index >= 15 is 0 Å². The molecule has 8 heteroatoms. The first-order valence-corrected chi connectivity index (χ1v) is 10.3. The molecule has 0 bridgehead atoms. The van der Waals surface area contributed by atoms with Crippen molar-refractivity contribution in [2.45, 2.75) is 19.4 Å². The van der Waals surface area contributed by atoms with E-state index in [2.05, 4.69) is 15.6 Å². The molecule has 2 N–H and O–H groups in total. The summed E-state index contributed by atoms with van der Waals surface area (Å²) in [5.41, 5.74) is 2.27. The minimum atomic E-state index is -0.252. The molecule has 4 rings (SSSR count). The van der Waals surface area contributed by atoms with Crippen molar-refractivity contribution < 1.29 is 14.0 Å². The van der Waals surface area contributed by atoms with Crippen LogP contribution in [0.15, 0.2) is 71.3 Å². The topological polar surface area (TPSA) is 89.2 Å². The van der Waals surface area contributed by atoms with Crippen molar-refractivity contribution in [3.8, 4) is 0 Å². The molecular weight excluding hydrogens is 416 g/mol. The van der Waals surface area contributed by atoms with Gasteiger partial charge in [0.1, 0.15) is 12.4 Å². The highest BCUT2D eigenvalue weighted by Gasteiger charge is 2.15. The zero-order valence-electron chi connectivity index (χ0n) is 16.7. The van der Waals surface area contributed by atoms with Crippen molar-refractivity contribution >= 4 is 40.1 Å². The van der Waals surface area contributed by atoms with Crippen LogP contribution >= 0.6 is 11.6 Å². The number of amides is 2. The van der Waals surface area contributed by atoms with E-state index in [1.54, 1.807) is 24.3 Å². The minimum absolute atomic E-state index is 0.111. The fourth-order valence-corrected chi connectivity index (χ4v) is 3.51. The molecule has 0 spiro atoms. The number of nitrogens with one attached hydrogen (secondary N) is 2. The molecule has 4 aromatic rings. The normalized spacial score (nSPS) is 10.9. The molecule has 0 aliphatic heterocycles. The number of para-hydroxylation sites is 3. The maximum atomic E-state index is 12.7. The Kier molecular flexibility index (Phi) is 6.33. The van der Waals surface area contributed by atoms with Crippen molar-refractivity contribution in [3.05, 3.63) is 83.5 Å². The summed E-state index contributed by atoms with van der Waals surface area (Å²) in [6.07, 6.45) is 2.74. The van der Waals surface area contributed by atoms with Gasteiger partial charge in [-0.05, 0) is 42.8 Å². The van der Waals surface area contributed by atoms with Gasteiger partial charge in [0, 0.05) is 13.0 Å². The molecule has 158 valence electrons. The number of aryl methyl sites for hydroxylation is 1. The van der Waals surface area contributed by atoms with Gasteiger partial charge in [-0.3, -0.25) is 9.59 Å². The summed E-state index contributed by atoms with van der Waals surface area (Å²) in [5, 5.41) is 6.16. The standard InChI is InChI=1S/C23H21ClN4O3/c24-16-7-1-2-8-17(16)27-22(29)15-28-19-10-4-3-9-18(19)26-21(28)12-5-13-25-23(30)20-11-6-14-31-20/h1-4,6-11,14H,5,12-13,15H2,(H,25,30)(H,27,29). The Bertz CT molecular complexity index is 1200. The number of carbonyl (C=O) groups excluding carboxylic acids is 2. The van der Waals surface area contributed by atoms with Gasteiger partial charge >= 0.3 is 0 Å². The summed E-state index contributed by atoms with van der Waals surface area (Å²) < 4.78 is 6.99. The predicted molar refractivity (Wildman–Crippen MR) is 119 cm³/mol. The summed E-state index contributed by atoms with van der Waals surface area (Å²) in [4.78, 5) is 29.4. The quantitative estimate of drug-likeness (QED) is 0.403. The monoisotopic (exact) mass is 436 g/mol. The van der Waals surface area contributed by atoms with Crippen LogP contribution in [-0.4, -0.2) is 27.9 Å². The predicted octanol–water partition coefficient (Wildman–Crippen LogP) is 4.28. The number of furan rings is 1. The summed E-state index contributed by atoms with van der Waals surface area (Å²) in [7, 11) is 0. The molecule has 0 saturated heterocycles. The van der Waals surface area contributed by atoms with Crippen LogP contribution in [0.2, 0.25) is 5.02 Å². The summed E-state index contributed by atoms with van der Waals surface area (Å²) >= 11 is 6.15. The molecule has 2 amide bonds. The van der Waals surface area contributed by atoms with Gasteiger partial charge in [0.25, 0.3) is 5.91 Å². The van der Waals surface area contributed by atoms with E-state index in [9.17, 15) is 9.59 Å². The second-order valence-corrected chi connectivity index (χ2v) is 7.37. The lowest BCUT2D eigenvalue weighted by Gasteiger charge is -2.11. The number of rotatable bonds is 8. The van der Waals surface area contributed by atoms with E-state index in [1.807, 2.05) is 41.0 Å². The molecule has 0 radical (unpaired) electrons. The van der Waals surface area contributed by atoms with Crippen LogP contribution in [-0.2, 0) is 17.8 Å². The molecule has 0 fully saturated rings. The SMILES string of the molecule is O=C(Cn1c(CCCNC(=O)c2ccco2)nc2ccccc21)Nc1ccccc1Cl. The number of halogens is 1. The zero-order chi connectivity index (χ0) is 21.6. The summed E-state index contributed by atoms with van der Waals surface area (Å²) in [5.74, 6) is 0.618. The van der Waals surface area contributed by atoms with Gasteiger partial charge in [0.15, 0.2) is 5.76 Å². The maximum Gasteiger partial charge on any atom is 0.286 e. The largest absolute Gasteiger partial charge is 0.459 e. The number of benzene rings is 2. The van der Waals surface area contributed by atoms with Gasteiger partial charge in [-0.2, -0.15) is 0 Å². The van der Waals surface area contributed by atoms with Crippen LogP contribution in [0.1, 0.15) is 22.8 Å². The number of hydrogen-bond donors (Lipinski definition) is 2. The molecule has 0 saturated carbocycles. The molecule has 0 unspecified atom stereocenters. The Morgan fingerprint density at radius 2 is 1.84 bits per heavy atom. The van der Waals surface area contributed by atoms with Gasteiger partial charge < -0.3 is 19.6 Å². The van der Waals surface area contributed by atoms with Crippen LogP contribution in [0.25, 0.3) is 11.0 Å². The molecule has 31 heavy (non-hydrogen) atoms. The van der Waals surface area contributed by atoms with Gasteiger partial charge in [-0.25, -0.2) is 4.98 Å². The van der Waals surface area contributed by atoms with Gasteiger partial charge in [-0.1, -0.05) is 35.9 Å². The first-order valence-electron chi connectivity index (χ1n) is 9.92. The van der Waals surface area contributed by atoms with Crippen LogP contribution in [0, 0.1) is 0 Å². The molecule has 7 nitrogen and oxygen atoms in total. The van der Waals surface area contributed by atoms with Crippen molar-refractivity contribution in [1.82, 2.24) is 14.9 Å². The third-order valence-electron chi connectivity index (χ3n) is 4.79. The summed E-state index contributed by atoms with van der Waals surface area (Å²) in [6.45, 7) is 0.578. The average molecular weight is 437 g/mol. The molecule has 0 aliphatic carbocycles. The molecule has 2 aromatic heterocycles. The Hall–Kier alpha value is -3.58. The van der Waals surface area contributed by atoms with E-state index in [1.165, 1.54) is 6.26 Å². The second kappa shape index (κ2) is 9.49. The molecule has 2 heterocycles. The number of anilines is 1. The molecular formula is C23H21ClN4O3. The smallest absolute Gasteiger partial charge is 0.286 e. The number of aromatic nitrogens is 2. The van der Waals surface area contributed by atoms with Crippen molar-refractivity contribution in [2.24, 2.45) is 0 Å². The number of nitrogens with zero attached hydrogens (tertiary/aromatic N) is 2. The lowest BCUT2D eigenvalue weighted by molar-refractivity contribution is -0.116. The molecule has 0 aliphatic rings. The molecule has 2 aromatic carbocycles. The minimum Gasteiger partial charge on any atom is -0.459 e. The Balaban J connectivity index is 1.43.